The van der Waals surface area contributed by atoms with E-state index in [4.69, 9.17) is 14.5 Å². The van der Waals surface area contributed by atoms with E-state index in [2.05, 4.69) is 26.4 Å². The Hall–Kier alpha value is -3.81. The summed E-state index contributed by atoms with van der Waals surface area (Å²) in [5, 5.41) is 7.80. The van der Waals surface area contributed by atoms with Gasteiger partial charge in [0.05, 0.1) is 32.3 Å². The van der Waals surface area contributed by atoms with Gasteiger partial charge in [0.1, 0.15) is 23.1 Å². The van der Waals surface area contributed by atoms with Crippen LogP contribution in [0.3, 0.4) is 0 Å². The van der Waals surface area contributed by atoms with Crippen molar-refractivity contribution in [2.24, 2.45) is 0 Å². The maximum absolute atomic E-state index is 5.41. The van der Waals surface area contributed by atoms with Crippen molar-refractivity contribution in [3.63, 3.8) is 0 Å². The highest BCUT2D eigenvalue weighted by Gasteiger charge is 2.13. The maximum atomic E-state index is 5.41. The molecule has 1 saturated heterocycles. The molecule has 0 saturated carbocycles. The standard InChI is InChI=1S/C24H26N6O2.H2/c1-31-19-12-17(13-20(14-19)32-2)21-16-26-30-11-8-22(28-24(21)30)27-18-6-7-23(25-15-18)29-9-4-3-5-10-29;/h6-8,11-16H,3-5,9-10H2,1-2H3,(H,27,28);1H. The van der Waals surface area contributed by atoms with Crippen molar-refractivity contribution in [1.82, 2.24) is 19.6 Å². The van der Waals surface area contributed by atoms with Crippen LogP contribution in [0.4, 0.5) is 17.3 Å². The van der Waals surface area contributed by atoms with Crippen molar-refractivity contribution < 1.29 is 10.9 Å². The van der Waals surface area contributed by atoms with Crippen molar-refractivity contribution in [2.75, 3.05) is 37.5 Å². The number of fused-ring (bicyclic) bond motifs is 1. The lowest BCUT2D eigenvalue weighted by Crippen LogP contribution is -2.29. The molecule has 0 atom stereocenters. The molecular formula is C24H28N6O2. The van der Waals surface area contributed by atoms with Gasteiger partial charge in [0.15, 0.2) is 5.65 Å². The first-order valence-corrected chi connectivity index (χ1v) is 10.8. The second-order valence-corrected chi connectivity index (χ2v) is 7.82. The average Bonchev–Trinajstić information content (AvgIpc) is 3.28. The van der Waals surface area contributed by atoms with E-state index in [1.807, 2.05) is 42.7 Å². The molecule has 1 N–H and O–H groups in total. The van der Waals surface area contributed by atoms with Crippen LogP contribution in [0, 0.1) is 0 Å². The number of hydrogen-bond acceptors (Lipinski definition) is 7. The van der Waals surface area contributed by atoms with E-state index in [1.54, 1.807) is 24.9 Å². The molecule has 0 radical (unpaired) electrons. The molecule has 0 amide bonds. The number of hydrogen-bond donors (Lipinski definition) is 1. The summed E-state index contributed by atoms with van der Waals surface area (Å²) in [6.07, 6.45) is 9.33. The zero-order valence-electron chi connectivity index (χ0n) is 18.3. The first-order valence-electron chi connectivity index (χ1n) is 10.8. The lowest BCUT2D eigenvalue weighted by atomic mass is 10.1. The van der Waals surface area contributed by atoms with Crippen LogP contribution in [-0.4, -0.2) is 46.9 Å². The summed E-state index contributed by atoms with van der Waals surface area (Å²) >= 11 is 0. The van der Waals surface area contributed by atoms with Crippen LogP contribution in [0.25, 0.3) is 16.8 Å². The van der Waals surface area contributed by atoms with Crippen LogP contribution >= 0.6 is 0 Å². The number of benzene rings is 1. The van der Waals surface area contributed by atoms with Gasteiger partial charge in [0.25, 0.3) is 0 Å². The quantitative estimate of drug-likeness (QED) is 0.469. The number of pyridine rings is 1. The number of nitrogens with zero attached hydrogens (tertiary/aromatic N) is 5. The van der Waals surface area contributed by atoms with Crippen molar-refractivity contribution in [3.8, 4) is 22.6 Å². The molecule has 4 aromatic rings. The molecule has 32 heavy (non-hydrogen) atoms. The first-order chi connectivity index (χ1) is 15.7. The molecule has 1 aromatic carbocycles. The van der Waals surface area contributed by atoms with Crippen molar-refractivity contribution in [3.05, 3.63) is 55.0 Å². The smallest absolute Gasteiger partial charge is 0.165 e. The molecular weight excluding hydrogens is 404 g/mol. The highest BCUT2D eigenvalue weighted by molar-refractivity contribution is 5.79. The third-order valence-corrected chi connectivity index (χ3v) is 5.73. The third-order valence-electron chi connectivity index (χ3n) is 5.73. The summed E-state index contributed by atoms with van der Waals surface area (Å²) in [6.45, 7) is 2.16. The third kappa shape index (κ3) is 4.03. The van der Waals surface area contributed by atoms with Gasteiger partial charge in [0, 0.05) is 32.3 Å². The van der Waals surface area contributed by atoms with E-state index >= 15 is 0 Å². The second kappa shape index (κ2) is 8.74. The van der Waals surface area contributed by atoms with Gasteiger partial charge >= 0.3 is 0 Å². The number of rotatable bonds is 6. The van der Waals surface area contributed by atoms with Gasteiger partial charge in [-0.25, -0.2) is 14.5 Å². The normalized spacial score (nSPS) is 13.9. The fraction of sp³-hybridized carbons (Fsp3) is 0.292. The van der Waals surface area contributed by atoms with E-state index in [0.717, 1.165) is 47.2 Å². The lowest BCUT2D eigenvalue weighted by molar-refractivity contribution is 0.394. The lowest BCUT2D eigenvalue weighted by Gasteiger charge is -2.27. The fourth-order valence-corrected chi connectivity index (χ4v) is 4.02. The largest absolute Gasteiger partial charge is 0.497 e. The summed E-state index contributed by atoms with van der Waals surface area (Å²) in [6, 6.07) is 11.8. The molecule has 8 nitrogen and oxygen atoms in total. The van der Waals surface area contributed by atoms with Gasteiger partial charge in [-0.1, -0.05) is 0 Å². The van der Waals surface area contributed by atoms with Crippen LogP contribution in [0.5, 0.6) is 11.5 Å². The zero-order valence-corrected chi connectivity index (χ0v) is 18.3. The van der Waals surface area contributed by atoms with Crippen LogP contribution in [0.1, 0.15) is 20.7 Å². The van der Waals surface area contributed by atoms with E-state index in [1.165, 1.54) is 19.3 Å². The minimum absolute atomic E-state index is 0. The molecule has 0 spiro atoms. The summed E-state index contributed by atoms with van der Waals surface area (Å²) in [5.41, 5.74) is 3.45. The molecule has 4 heterocycles. The molecule has 1 aliphatic rings. The molecule has 0 unspecified atom stereocenters. The Morgan fingerprint density at radius 2 is 1.72 bits per heavy atom. The predicted octanol–water partition coefficient (Wildman–Crippen LogP) is 4.79. The zero-order chi connectivity index (χ0) is 21.9. The Kier molecular flexibility index (Phi) is 5.49. The topological polar surface area (TPSA) is 76.8 Å². The van der Waals surface area contributed by atoms with E-state index in [9.17, 15) is 0 Å². The molecule has 0 bridgehead atoms. The Balaban J connectivity index is 0.00000259. The van der Waals surface area contributed by atoms with Gasteiger partial charge < -0.3 is 19.7 Å². The van der Waals surface area contributed by atoms with Gasteiger partial charge in [-0.15, -0.1) is 0 Å². The van der Waals surface area contributed by atoms with Gasteiger partial charge in [-0.05, 0) is 55.2 Å². The second-order valence-electron chi connectivity index (χ2n) is 7.82. The number of nitrogens with one attached hydrogen (secondary N) is 1. The van der Waals surface area contributed by atoms with Crippen LogP contribution in [0.2, 0.25) is 0 Å². The van der Waals surface area contributed by atoms with Crippen LogP contribution in [-0.2, 0) is 0 Å². The molecule has 5 rings (SSSR count). The Morgan fingerprint density at radius 3 is 2.41 bits per heavy atom. The minimum atomic E-state index is 0. The van der Waals surface area contributed by atoms with Crippen molar-refractivity contribution >= 4 is 23.0 Å². The number of piperidine rings is 1. The highest BCUT2D eigenvalue weighted by Crippen LogP contribution is 2.32. The number of ether oxygens (including phenoxy) is 2. The van der Waals surface area contributed by atoms with Crippen LogP contribution < -0.4 is 19.7 Å². The van der Waals surface area contributed by atoms with Crippen LogP contribution in [0.15, 0.2) is 55.0 Å². The van der Waals surface area contributed by atoms with E-state index < -0.39 is 0 Å². The van der Waals surface area contributed by atoms with Gasteiger partial charge in [-0.2, -0.15) is 5.10 Å². The predicted molar refractivity (Wildman–Crippen MR) is 127 cm³/mol. The Labute approximate surface area is 188 Å². The number of methoxy groups -OCH3 is 2. The summed E-state index contributed by atoms with van der Waals surface area (Å²) in [5.74, 6) is 3.19. The highest BCUT2D eigenvalue weighted by atomic mass is 16.5. The summed E-state index contributed by atoms with van der Waals surface area (Å²) in [4.78, 5) is 11.8. The SMILES string of the molecule is COc1cc(OC)cc(-c2cnn3ccc(Nc4ccc(N5CCCCC5)nc4)nc23)c1.[HH]. The van der Waals surface area contributed by atoms with E-state index in [-0.39, 0.29) is 1.43 Å². The van der Waals surface area contributed by atoms with Crippen molar-refractivity contribution in [1.29, 1.82) is 0 Å². The van der Waals surface area contributed by atoms with Gasteiger partial charge in [-0.3, -0.25) is 0 Å². The summed E-state index contributed by atoms with van der Waals surface area (Å²) < 4.78 is 12.6. The number of aromatic nitrogens is 4. The Morgan fingerprint density at radius 1 is 0.938 bits per heavy atom. The Bertz CT molecular complexity index is 1200. The first kappa shape index (κ1) is 20.1. The maximum Gasteiger partial charge on any atom is 0.165 e. The van der Waals surface area contributed by atoms with E-state index in [0.29, 0.717) is 11.5 Å². The molecule has 1 aliphatic heterocycles. The number of anilines is 3. The molecule has 3 aromatic heterocycles. The average molecular weight is 433 g/mol. The monoisotopic (exact) mass is 432 g/mol. The molecule has 1 fully saturated rings. The van der Waals surface area contributed by atoms with Gasteiger partial charge in [0.2, 0.25) is 0 Å². The fourth-order valence-electron chi connectivity index (χ4n) is 4.02. The molecule has 8 heteroatoms. The molecule has 166 valence electrons. The molecule has 0 aliphatic carbocycles. The van der Waals surface area contributed by atoms with Crippen molar-refractivity contribution in [2.45, 2.75) is 19.3 Å². The summed E-state index contributed by atoms with van der Waals surface area (Å²) in [7, 11) is 3.28. The minimum Gasteiger partial charge on any atom is -0.497 e.